The van der Waals surface area contributed by atoms with Crippen molar-refractivity contribution < 1.29 is 22.7 Å². The number of hydrogen-bond acceptors (Lipinski definition) is 5. The zero-order chi connectivity index (χ0) is 20.1. The summed E-state index contributed by atoms with van der Waals surface area (Å²) in [5, 5.41) is 0. The first-order chi connectivity index (χ1) is 13.3. The van der Waals surface area contributed by atoms with Crippen LogP contribution in [0.1, 0.15) is 50.2 Å². The number of hydrogen-bond donors (Lipinski definition) is 0. The number of esters is 1. The van der Waals surface area contributed by atoms with Gasteiger partial charge in [-0.15, -0.1) is 0 Å². The van der Waals surface area contributed by atoms with Gasteiger partial charge in [0.2, 0.25) is 15.9 Å². The third kappa shape index (κ3) is 3.03. The Morgan fingerprint density at radius 1 is 1.21 bits per heavy atom. The highest BCUT2D eigenvalue weighted by Crippen LogP contribution is 2.44. The monoisotopic (exact) mass is 406 g/mol. The Morgan fingerprint density at radius 3 is 2.61 bits per heavy atom. The van der Waals surface area contributed by atoms with Gasteiger partial charge in [0, 0.05) is 19.6 Å². The molecule has 152 valence electrons. The second-order valence-electron chi connectivity index (χ2n) is 7.77. The van der Waals surface area contributed by atoms with Crippen LogP contribution >= 0.6 is 0 Å². The highest BCUT2D eigenvalue weighted by atomic mass is 32.2. The Labute approximate surface area is 165 Å². The van der Waals surface area contributed by atoms with Gasteiger partial charge in [0.25, 0.3) is 0 Å². The summed E-state index contributed by atoms with van der Waals surface area (Å²) in [6.07, 6.45) is 2.57. The molecule has 0 saturated carbocycles. The molecule has 0 aliphatic carbocycles. The van der Waals surface area contributed by atoms with Crippen LogP contribution in [0.2, 0.25) is 0 Å². The number of nitrogens with zero attached hydrogens (tertiary/aromatic N) is 2. The first kappa shape index (κ1) is 19.4. The number of carbonyl (C=O) groups excluding carboxylic acids is 2. The number of sulfonamides is 1. The van der Waals surface area contributed by atoms with E-state index in [0.717, 1.165) is 29.7 Å². The van der Waals surface area contributed by atoms with Crippen LogP contribution in [0.5, 0.6) is 0 Å². The fourth-order valence-corrected chi connectivity index (χ4v) is 6.11. The van der Waals surface area contributed by atoms with Crippen LogP contribution in [0, 0.1) is 5.92 Å². The average Bonchev–Trinajstić information content (AvgIpc) is 2.95. The van der Waals surface area contributed by atoms with Gasteiger partial charge in [-0.1, -0.05) is 0 Å². The van der Waals surface area contributed by atoms with Gasteiger partial charge < -0.3 is 9.64 Å². The predicted molar refractivity (Wildman–Crippen MR) is 104 cm³/mol. The standard InChI is InChI=1S/C20H26N2O5S/c1-3-27-20(24)14-6-9-21(10-7-14)28(25,26)16-11-15-5-4-8-22-18(15)17(12-16)13(2)19(22)23/h11-14H,3-10H2,1-2H3/t13-/m0/s1. The second-order valence-corrected chi connectivity index (χ2v) is 9.70. The Hall–Kier alpha value is -1.93. The highest BCUT2D eigenvalue weighted by molar-refractivity contribution is 7.89. The molecule has 3 aliphatic rings. The summed E-state index contributed by atoms with van der Waals surface area (Å²) < 4.78 is 33.0. The van der Waals surface area contributed by atoms with Gasteiger partial charge >= 0.3 is 5.97 Å². The van der Waals surface area contributed by atoms with Gasteiger partial charge in [-0.2, -0.15) is 4.31 Å². The van der Waals surface area contributed by atoms with Gasteiger partial charge in [-0.3, -0.25) is 9.59 Å². The molecule has 28 heavy (non-hydrogen) atoms. The molecule has 1 amide bonds. The molecule has 3 aliphatic heterocycles. The topological polar surface area (TPSA) is 84.0 Å². The molecule has 0 spiro atoms. The summed E-state index contributed by atoms with van der Waals surface area (Å²) in [5.41, 5.74) is 2.69. The fraction of sp³-hybridized carbons (Fsp3) is 0.600. The van der Waals surface area contributed by atoms with Crippen LogP contribution in [0.4, 0.5) is 5.69 Å². The van der Waals surface area contributed by atoms with E-state index in [0.29, 0.717) is 39.1 Å². The van der Waals surface area contributed by atoms with Crippen molar-refractivity contribution in [3.8, 4) is 0 Å². The molecule has 0 N–H and O–H groups in total. The SMILES string of the molecule is CCOC(=O)C1CCN(S(=O)(=O)c2cc3c4c(c2)[C@H](C)C(=O)N4CCC3)CC1. The predicted octanol–water partition coefficient (Wildman–Crippen LogP) is 2.05. The maximum absolute atomic E-state index is 13.3. The molecule has 1 aromatic rings. The zero-order valence-corrected chi connectivity index (χ0v) is 17.1. The van der Waals surface area contributed by atoms with Crippen molar-refractivity contribution in [2.75, 3.05) is 31.1 Å². The van der Waals surface area contributed by atoms with Crippen LogP contribution in [0.25, 0.3) is 0 Å². The van der Waals surface area contributed by atoms with Crippen molar-refractivity contribution in [3.05, 3.63) is 23.3 Å². The minimum absolute atomic E-state index is 0.0562. The zero-order valence-electron chi connectivity index (χ0n) is 16.3. The van der Waals surface area contributed by atoms with Gasteiger partial charge in [0.15, 0.2) is 0 Å². The molecule has 0 radical (unpaired) electrons. The summed E-state index contributed by atoms with van der Waals surface area (Å²) in [4.78, 5) is 26.5. The summed E-state index contributed by atoms with van der Waals surface area (Å²) in [6.45, 7) is 5.26. The van der Waals surface area contributed by atoms with E-state index in [-0.39, 0.29) is 28.6 Å². The van der Waals surface area contributed by atoms with E-state index < -0.39 is 10.0 Å². The summed E-state index contributed by atoms with van der Waals surface area (Å²) in [7, 11) is -3.66. The van der Waals surface area contributed by atoms with Crippen molar-refractivity contribution >= 4 is 27.6 Å². The lowest BCUT2D eigenvalue weighted by Crippen LogP contribution is -2.40. The van der Waals surface area contributed by atoms with Gasteiger partial charge in [0.1, 0.15) is 0 Å². The molecule has 1 fully saturated rings. The van der Waals surface area contributed by atoms with E-state index in [2.05, 4.69) is 0 Å². The Kier molecular flexibility index (Phi) is 4.95. The fourth-order valence-electron chi connectivity index (χ4n) is 4.56. The first-order valence-electron chi connectivity index (χ1n) is 9.99. The number of amides is 1. The molecule has 1 aromatic carbocycles. The van der Waals surface area contributed by atoms with Crippen LogP contribution in [-0.2, 0) is 30.8 Å². The number of rotatable bonds is 4. The van der Waals surface area contributed by atoms with Crippen molar-refractivity contribution in [2.24, 2.45) is 5.92 Å². The smallest absolute Gasteiger partial charge is 0.309 e. The van der Waals surface area contributed by atoms with Crippen LogP contribution in [-0.4, -0.2) is 50.8 Å². The maximum Gasteiger partial charge on any atom is 0.309 e. The van der Waals surface area contributed by atoms with Crippen LogP contribution in [0.15, 0.2) is 17.0 Å². The van der Waals surface area contributed by atoms with Crippen LogP contribution < -0.4 is 4.90 Å². The average molecular weight is 407 g/mol. The number of carbonyl (C=O) groups is 2. The quantitative estimate of drug-likeness (QED) is 0.715. The Bertz CT molecular complexity index is 919. The summed E-state index contributed by atoms with van der Waals surface area (Å²) in [6, 6.07) is 3.42. The number of anilines is 1. The lowest BCUT2D eigenvalue weighted by atomic mass is 9.97. The van der Waals surface area contributed by atoms with E-state index >= 15 is 0 Å². The summed E-state index contributed by atoms with van der Waals surface area (Å²) in [5.74, 6) is -0.731. The largest absolute Gasteiger partial charge is 0.466 e. The molecule has 0 bridgehead atoms. The molecule has 0 aromatic heterocycles. The maximum atomic E-state index is 13.3. The van der Waals surface area contributed by atoms with Crippen molar-refractivity contribution in [2.45, 2.75) is 50.3 Å². The van der Waals surface area contributed by atoms with Crippen molar-refractivity contribution in [1.29, 1.82) is 0 Å². The number of piperidine rings is 1. The Morgan fingerprint density at radius 2 is 1.93 bits per heavy atom. The minimum Gasteiger partial charge on any atom is -0.466 e. The molecular weight excluding hydrogens is 380 g/mol. The lowest BCUT2D eigenvalue weighted by Gasteiger charge is -2.31. The van der Waals surface area contributed by atoms with E-state index in [9.17, 15) is 18.0 Å². The van der Waals surface area contributed by atoms with E-state index in [4.69, 9.17) is 4.74 Å². The number of benzene rings is 1. The molecule has 3 heterocycles. The summed E-state index contributed by atoms with van der Waals surface area (Å²) >= 11 is 0. The normalized spacial score (nSPS) is 23.0. The van der Waals surface area contributed by atoms with Crippen LogP contribution in [0.3, 0.4) is 0 Å². The van der Waals surface area contributed by atoms with E-state index in [1.54, 1.807) is 24.0 Å². The molecule has 1 atom stereocenters. The van der Waals surface area contributed by atoms with Crippen molar-refractivity contribution in [3.63, 3.8) is 0 Å². The van der Waals surface area contributed by atoms with Gasteiger partial charge in [0.05, 0.1) is 29.0 Å². The number of ether oxygens (including phenoxy) is 1. The van der Waals surface area contributed by atoms with Gasteiger partial charge in [-0.05, 0) is 62.8 Å². The third-order valence-electron chi connectivity index (χ3n) is 6.10. The molecular formula is C20H26N2O5S. The van der Waals surface area contributed by atoms with E-state index in [1.807, 2.05) is 6.92 Å². The number of aryl methyl sites for hydroxylation is 1. The van der Waals surface area contributed by atoms with E-state index in [1.165, 1.54) is 4.31 Å². The highest BCUT2D eigenvalue weighted by Gasteiger charge is 2.40. The third-order valence-corrected chi connectivity index (χ3v) is 7.98. The molecule has 8 heteroatoms. The molecule has 1 saturated heterocycles. The Balaban J connectivity index is 1.60. The van der Waals surface area contributed by atoms with Gasteiger partial charge in [-0.25, -0.2) is 8.42 Å². The minimum atomic E-state index is -3.66. The second kappa shape index (κ2) is 7.15. The first-order valence-corrected chi connectivity index (χ1v) is 11.4. The lowest BCUT2D eigenvalue weighted by molar-refractivity contribution is -0.149. The molecule has 7 nitrogen and oxygen atoms in total. The molecule has 0 unspecified atom stereocenters. The molecule has 4 rings (SSSR count). The van der Waals surface area contributed by atoms with Crippen molar-refractivity contribution in [1.82, 2.24) is 4.31 Å².